The van der Waals surface area contributed by atoms with Crippen LogP contribution in [0.15, 0.2) is 0 Å². The van der Waals surface area contributed by atoms with Gasteiger partial charge in [-0.1, -0.05) is 0 Å². The third-order valence-corrected chi connectivity index (χ3v) is 3.95. The van der Waals surface area contributed by atoms with Crippen LogP contribution in [-0.4, -0.2) is 56.3 Å². The zero-order chi connectivity index (χ0) is 23.4. The molecule has 0 amide bonds. The van der Waals surface area contributed by atoms with E-state index in [2.05, 4.69) is 0 Å². The molecular weight excluding hydrogens is 480 g/mol. The van der Waals surface area contributed by atoms with Crippen molar-refractivity contribution in [2.45, 2.75) is 47.9 Å². The summed E-state index contributed by atoms with van der Waals surface area (Å²) in [4.78, 5) is 0. The van der Waals surface area contributed by atoms with Crippen molar-refractivity contribution in [3.63, 3.8) is 0 Å². The van der Waals surface area contributed by atoms with Crippen LogP contribution < -0.4 is 0 Å². The van der Waals surface area contributed by atoms with Crippen LogP contribution in [0.2, 0.25) is 0 Å². The Morgan fingerprint density at radius 3 is 1.25 bits per heavy atom. The fourth-order valence-electron chi connectivity index (χ4n) is 1.05. The maximum atomic E-state index is 13.0. The van der Waals surface area contributed by atoms with Crippen molar-refractivity contribution in [1.29, 1.82) is 0 Å². The second-order valence-corrected chi connectivity index (χ2v) is 6.19. The summed E-state index contributed by atoms with van der Waals surface area (Å²) in [6, 6.07) is 0. The standard InChI is InChI=1S/C8H2F16O3S/c9-1(10)3(12,13)4(14,15)2(11)27-28(25,26)8(23,24)6(18,19)5(16,17)7(20,21)22/h1-2H. The first-order chi connectivity index (χ1) is 11.8. The molecule has 3 nitrogen and oxygen atoms in total. The first kappa shape index (κ1) is 26.8. The molecule has 0 bridgehead atoms. The van der Waals surface area contributed by atoms with Gasteiger partial charge >= 0.3 is 51.7 Å². The van der Waals surface area contributed by atoms with Crippen molar-refractivity contribution in [2.24, 2.45) is 0 Å². The van der Waals surface area contributed by atoms with E-state index >= 15 is 0 Å². The van der Waals surface area contributed by atoms with Crippen molar-refractivity contribution < 1.29 is 82.8 Å². The molecule has 0 aliphatic rings. The Bertz CT molecular complexity index is 664. The zero-order valence-corrected chi connectivity index (χ0v) is 12.7. The first-order valence-corrected chi connectivity index (χ1v) is 7.04. The van der Waals surface area contributed by atoms with Crippen LogP contribution in [0.4, 0.5) is 70.2 Å². The first-order valence-electron chi connectivity index (χ1n) is 5.63. The molecule has 0 aliphatic carbocycles. The predicted octanol–water partition coefficient (Wildman–Crippen LogP) is 4.59. The Morgan fingerprint density at radius 2 is 0.964 bits per heavy atom. The maximum absolute atomic E-state index is 13.0. The lowest BCUT2D eigenvalue weighted by Gasteiger charge is -2.33. The van der Waals surface area contributed by atoms with Crippen LogP contribution in [0.1, 0.15) is 0 Å². The summed E-state index contributed by atoms with van der Waals surface area (Å²) in [6.45, 7) is 0. The van der Waals surface area contributed by atoms with Crippen molar-refractivity contribution in [3.8, 4) is 0 Å². The molecule has 1 atom stereocenters. The molecule has 0 aliphatic heterocycles. The van der Waals surface area contributed by atoms with Gasteiger partial charge in [0.2, 0.25) is 0 Å². The highest BCUT2D eigenvalue weighted by atomic mass is 32.2. The molecule has 0 saturated heterocycles. The molecule has 0 saturated carbocycles. The van der Waals surface area contributed by atoms with Gasteiger partial charge in [0.05, 0.1) is 0 Å². The number of rotatable bonds is 8. The van der Waals surface area contributed by atoms with Crippen LogP contribution in [-0.2, 0) is 14.3 Å². The van der Waals surface area contributed by atoms with Crippen LogP contribution >= 0.6 is 0 Å². The van der Waals surface area contributed by atoms with Crippen molar-refractivity contribution >= 4 is 10.1 Å². The lowest BCUT2D eigenvalue weighted by atomic mass is 10.1. The minimum absolute atomic E-state index is 1.81. The molecule has 0 fully saturated rings. The minimum Gasteiger partial charge on any atom is -0.221 e. The Morgan fingerprint density at radius 1 is 0.607 bits per heavy atom. The second kappa shape index (κ2) is 6.94. The molecular formula is C8H2F16O3S. The smallest absolute Gasteiger partial charge is 0.221 e. The third-order valence-electron chi connectivity index (χ3n) is 2.64. The Kier molecular flexibility index (Phi) is 6.64. The summed E-state index contributed by atoms with van der Waals surface area (Å²) in [5, 5.41) is -7.86. The van der Waals surface area contributed by atoms with Gasteiger partial charge in [0.1, 0.15) is 0 Å². The number of hydrogen-bond donors (Lipinski definition) is 0. The van der Waals surface area contributed by atoms with E-state index in [1.165, 1.54) is 0 Å². The molecule has 0 N–H and O–H groups in total. The molecule has 20 heteroatoms. The molecule has 0 rings (SSSR count). The van der Waals surface area contributed by atoms with Gasteiger partial charge in [0, 0.05) is 0 Å². The van der Waals surface area contributed by atoms with Gasteiger partial charge in [-0.05, 0) is 0 Å². The van der Waals surface area contributed by atoms with Gasteiger partial charge in [-0.3, -0.25) is 0 Å². The second-order valence-electron chi connectivity index (χ2n) is 4.58. The van der Waals surface area contributed by atoms with E-state index in [-0.39, 0.29) is 0 Å². The van der Waals surface area contributed by atoms with E-state index in [0.717, 1.165) is 0 Å². The molecule has 0 aromatic rings. The van der Waals surface area contributed by atoms with E-state index < -0.39 is 58.0 Å². The molecule has 0 radical (unpaired) electrons. The number of alkyl halides is 16. The maximum Gasteiger partial charge on any atom is 0.460 e. The largest absolute Gasteiger partial charge is 0.460 e. The summed E-state index contributed by atoms with van der Waals surface area (Å²) in [7, 11) is -8.33. The fraction of sp³-hybridized carbons (Fsp3) is 1.00. The van der Waals surface area contributed by atoms with Crippen LogP contribution in [0.25, 0.3) is 0 Å². The average molecular weight is 482 g/mol. The van der Waals surface area contributed by atoms with Gasteiger partial charge in [-0.15, -0.1) is 0 Å². The molecule has 0 heterocycles. The van der Waals surface area contributed by atoms with E-state index in [9.17, 15) is 78.7 Å². The fourth-order valence-corrected chi connectivity index (χ4v) is 1.95. The number of hydrogen-bond acceptors (Lipinski definition) is 3. The SMILES string of the molecule is O=S(=O)(OC(F)C(F)(F)C(F)(F)C(F)F)C(F)(F)C(F)(F)C(F)(F)C(F)(F)F. The Hall–Kier alpha value is -1.21. The minimum atomic E-state index is -8.33. The zero-order valence-electron chi connectivity index (χ0n) is 11.8. The Balaban J connectivity index is 6.15. The van der Waals surface area contributed by atoms with Gasteiger partial charge in [-0.25, -0.2) is 17.4 Å². The summed E-state index contributed by atoms with van der Waals surface area (Å²) in [6.07, 6.45) is -18.9. The van der Waals surface area contributed by atoms with E-state index in [0.29, 0.717) is 0 Å². The monoisotopic (exact) mass is 482 g/mol. The highest BCUT2D eigenvalue weighted by molar-refractivity contribution is 7.87. The van der Waals surface area contributed by atoms with Crippen molar-refractivity contribution in [1.82, 2.24) is 0 Å². The highest BCUT2D eigenvalue weighted by Gasteiger charge is 2.86. The molecule has 0 aromatic heterocycles. The van der Waals surface area contributed by atoms with Crippen LogP contribution in [0.3, 0.4) is 0 Å². The lowest BCUT2D eigenvalue weighted by molar-refractivity contribution is -0.383. The summed E-state index contributed by atoms with van der Waals surface area (Å²) in [5.41, 5.74) is 0. The quantitative estimate of drug-likeness (QED) is 0.376. The summed E-state index contributed by atoms with van der Waals surface area (Å²) < 4.78 is 222. The topological polar surface area (TPSA) is 43.4 Å². The normalized spacial score (nSPS) is 17.2. The van der Waals surface area contributed by atoms with E-state index in [1.807, 2.05) is 4.18 Å². The molecule has 1 unspecified atom stereocenters. The molecule has 0 aromatic carbocycles. The lowest BCUT2D eigenvalue weighted by Crippen LogP contribution is -2.64. The van der Waals surface area contributed by atoms with Gasteiger partial charge in [-0.2, -0.15) is 65.5 Å². The van der Waals surface area contributed by atoms with E-state index in [1.54, 1.807) is 0 Å². The summed E-state index contributed by atoms with van der Waals surface area (Å²) in [5.74, 6) is -29.9. The average Bonchev–Trinajstić information content (AvgIpc) is 2.44. The summed E-state index contributed by atoms with van der Waals surface area (Å²) >= 11 is 0. The predicted molar refractivity (Wildman–Crippen MR) is 51.7 cm³/mol. The molecule has 0 spiro atoms. The van der Waals surface area contributed by atoms with Crippen molar-refractivity contribution in [3.05, 3.63) is 0 Å². The third kappa shape index (κ3) is 3.80. The number of halogens is 16. The Labute approximate surface area is 142 Å². The van der Waals surface area contributed by atoms with Gasteiger partial charge in [0.15, 0.2) is 0 Å². The van der Waals surface area contributed by atoms with Crippen LogP contribution in [0.5, 0.6) is 0 Å². The highest BCUT2D eigenvalue weighted by Crippen LogP contribution is 2.55. The van der Waals surface area contributed by atoms with Crippen LogP contribution in [0, 0.1) is 0 Å². The molecule has 170 valence electrons. The molecule has 28 heavy (non-hydrogen) atoms. The van der Waals surface area contributed by atoms with Crippen molar-refractivity contribution in [2.75, 3.05) is 0 Å². The van der Waals surface area contributed by atoms with E-state index in [4.69, 9.17) is 0 Å². The van der Waals surface area contributed by atoms with Gasteiger partial charge < -0.3 is 0 Å². The van der Waals surface area contributed by atoms with Gasteiger partial charge in [0.25, 0.3) is 6.36 Å².